The van der Waals surface area contributed by atoms with E-state index in [9.17, 15) is 0 Å². The molecule has 0 radical (unpaired) electrons. The molecule has 0 N–H and O–H groups in total. The van der Waals surface area contributed by atoms with Gasteiger partial charge in [-0.3, -0.25) is 0 Å². The van der Waals surface area contributed by atoms with Gasteiger partial charge >= 0.3 is 0 Å². The Morgan fingerprint density at radius 2 is 1.03 bits per heavy atom. The highest BCUT2D eigenvalue weighted by molar-refractivity contribution is 6.12. The fourth-order valence-electron chi connectivity index (χ4n) is 9.66. The lowest BCUT2D eigenvalue weighted by Crippen LogP contribution is -2.05. The van der Waals surface area contributed by atoms with E-state index in [-0.39, 0.29) is 0 Å². The average Bonchev–Trinajstić information content (AvgIpc) is 3.98. The molecule has 0 aliphatic carbocycles. The third-order valence-corrected chi connectivity index (χ3v) is 12.8. The standard InChI is InChI=1S/C58H36N4O2/c1-3-4-23-49-34(2)45-27-36-15-5-7-17-38(36)29-50(45)62(49)51-33-55-47(46-28-37-16-6-8-18-39(37)30-54(46)64-55)32-48(51)58-60-56(40-25-26-43-42-21-11-12-24-52(42)63-53(43)31-40)59-57(61-58)44-22-13-19-35-14-9-10-20-41(35)44/h3-33H,1H2,2H3/b23-4-. The molecule has 9 aromatic carbocycles. The number of hydrogen-bond donors (Lipinski definition) is 0. The Labute approximate surface area is 366 Å². The van der Waals surface area contributed by atoms with E-state index in [1.807, 2.05) is 36.4 Å². The smallest absolute Gasteiger partial charge is 0.166 e. The van der Waals surface area contributed by atoms with E-state index in [0.717, 1.165) is 115 Å². The lowest BCUT2D eigenvalue weighted by atomic mass is 10.0. The van der Waals surface area contributed by atoms with Crippen LogP contribution in [0.15, 0.2) is 197 Å². The van der Waals surface area contributed by atoms with Gasteiger partial charge < -0.3 is 13.4 Å². The fraction of sp³-hybridized carbons (Fsp3) is 0.0172. The molecule has 0 fully saturated rings. The molecule has 300 valence electrons. The van der Waals surface area contributed by atoms with E-state index in [1.165, 1.54) is 5.39 Å². The Kier molecular flexibility index (Phi) is 7.87. The SMILES string of the molecule is C=C/C=C\c1c(C)c2cc3ccccc3cc2n1-c1cc2oc3cc4ccccc4cc3c2cc1-c1nc(-c2ccc3c(c2)oc2ccccc23)nc(-c2cccc3ccccc23)n1. The topological polar surface area (TPSA) is 69.9 Å². The van der Waals surface area contributed by atoms with E-state index in [1.54, 1.807) is 0 Å². The molecular formula is C58H36N4O2. The Morgan fingerprint density at radius 3 is 1.83 bits per heavy atom. The molecule has 0 saturated heterocycles. The third-order valence-electron chi connectivity index (χ3n) is 12.8. The van der Waals surface area contributed by atoms with Crippen LogP contribution in [0.25, 0.3) is 133 Å². The van der Waals surface area contributed by atoms with Crippen molar-refractivity contribution in [3.05, 3.63) is 200 Å². The van der Waals surface area contributed by atoms with Crippen LogP contribution >= 0.6 is 0 Å². The van der Waals surface area contributed by atoms with Gasteiger partial charge in [0.2, 0.25) is 0 Å². The first-order chi connectivity index (χ1) is 31.6. The number of furan rings is 2. The fourth-order valence-corrected chi connectivity index (χ4v) is 9.66. The van der Waals surface area contributed by atoms with Gasteiger partial charge in [0.25, 0.3) is 0 Å². The summed E-state index contributed by atoms with van der Waals surface area (Å²) >= 11 is 0. The van der Waals surface area contributed by atoms with Crippen molar-refractivity contribution >= 4 is 93.2 Å². The van der Waals surface area contributed by atoms with Crippen LogP contribution in [0.1, 0.15) is 11.3 Å². The van der Waals surface area contributed by atoms with Crippen LogP contribution < -0.4 is 0 Å². The summed E-state index contributed by atoms with van der Waals surface area (Å²) in [4.78, 5) is 16.2. The minimum Gasteiger partial charge on any atom is -0.456 e. The van der Waals surface area contributed by atoms with E-state index in [0.29, 0.717) is 17.5 Å². The first kappa shape index (κ1) is 36.1. The number of rotatable bonds is 6. The first-order valence-corrected chi connectivity index (χ1v) is 21.4. The van der Waals surface area contributed by atoms with E-state index >= 15 is 0 Å². The number of aryl methyl sites for hydroxylation is 1. The summed E-state index contributed by atoms with van der Waals surface area (Å²) in [5.74, 6) is 1.64. The molecule has 0 amide bonds. The summed E-state index contributed by atoms with van der Waals surface area (Å²) in [5, 5.41) is 12.0. The van der Waals surface area contributed by atoms with Crippen LogP contribution in [0, 0.1) is 6.92 Å². The molecule has 0 aliphatic heterocycles. The van der Waals surface area contributed by atoms with Crippen molar-refractivity contribution in [2.45, 2.75) is 6.92 Å². The van der Waals surface area contributed by atoms with Crippen LogP contribution in [-0.2, 0) is 0 Å². The summed E-state index contributed by atoms with van der Waals surface area (Å²) in [6, 6.07) is 59.3. The summed E-state index contributed by atoms with van der Waals surface area (Å²) in [7, 11) is 0. The van der Waals surface area contributed by atoms with Crippen LogP contribution in [0.2, 0.25) is 0 Å². The zero-order valence-electron chi connectivity index (χ0n) is 34.7. The quantitative estimate of drug-likeness (QED) is 0.156. The van der Waals surface area contributed by atoms with Gasteiger partial charge in [-0.15, -0.1) is 0 Å². The van der Waals surface area contributed by atoms with Gasteiger partial charge in [0.05, 0.1) is 11.2 Å². The average molecular weight is 821 g/mol. The molecule has 4 aromatic heterocycles. The zero-order chi connectivity index (χ0) is 42.5. The maximum absolute atomic E-state index is 6.81. The minimum atomic E-state index is 0.531. The molecular weight excluding hydrogens is 785 g/mol. The van der Waals surface area contributed by atoms with Crippen LogP contribution in [0.4, 0.5) is 0 Å². The summed E-state index contributed by atoms with van der Waals surface area (Å²) in [6.45, 7) is 6.23. The maximum Gasteiger partial charge on any atom is 0.166 e. The normalized spacial score (nSPS) is 12.1. The first-order valence-electron chi connectivity index (χ1n) is 21.4. The molecule has 13 aromatic rings. The van der Waals surface area contributed by atoms with Gasteiger partial charge in [0.15, 0.2) is 17.5 Å². The van der Waals surface area contributed by atoms with Gasteiger partial charge in [-0.1, -0.05) is 134 Å². The number of benzene rings is 9. The monoisotopic (exact) mass is 820 g/mol. The molecule has 6 heteroatoms. The lowest BCUT2D eigenvalue weighted by Gasteiger charge is -2.16. The van der Waals surface area contributed by atoms with Gasteiger partial charge in [-0.25, -0.2) is 15.0 Å². The largest absolute Gasteiger partial charge is 0.456 e. The molecule has 64 heavy (non-hydrogen) atoms. The number of allylic oxidation sites excluding steroid dienone is 2. The van der Waals surface area contributed by atoms with E-state index in [4.69, 9.17) is 23.8 Å². The molecule has 0 unspecified atom stereocenters. The Hall–Kier alpha value is -8.61. The summed E-state index contributed by atoms with van der Waals surface area (Å²) in [6.07, 6.45) is 5.95. The van der Waals surface area contributed by atoms with Crippen LogP contribution in [-0.4, -0.2) is 19.5 Å². The van der Waals surface area contributed by atoms with Crippen LogP contribution in [0.3, 0.4) is 0 Å². The molecule has 0 atom stereocenters. The number of para-hydroxylation sites is 1. The Bertz CT molecular complexity index is 4120. The molecule has 0 spiro atoms. The highest BCUT2D eigenvalue weighted by Crippen LogP contribution is 2.42. The Morgan fingerprint density at radius 1 is 0.453 bits per heavy atom. The number of aromatic nitrogens is 4. The Balaban J connectivity index is 1.16. The molecule has 0 aliphatic rings. The number of hydrogen-bond acceptors (Lipinski definition) is 5. The number of fused-ring (bicyclic) bond motifs is 10. The van der Waals surface area contributed by atoms with Gasteiger partial charge in [0.1, 0.15) is 22.3 Å². The van der Waals surface area contributed by atoms with Crippen molar-refractivity contribution in [1.29, 1.82) is 0 Å². The van der Waals surface area contributed by atoms with Crippen molar-refractivity contribution in [3.63, 3.8) is 0 Å². The highest BCUT2D eigenvalue weighted by atomic mass is 16.3. The molecule has 6 nitrogen and oxygen atoms in total. The molecule has 0 bridgehead atoms. The van der Waals surface area contributed by atoms with Gasteiger partial charge in [-0.05, 0) is 99.4 Å². The predicted molar refractivity (Wildman–Crippen MR) is 264 cm³/mol. The second kappa shape index (κ2) is 14.0. The van der Waals surface area contributed by atoms with Crippen molar-refractivity contribution in [3.8, 4) is 39.9 Å². The second-order valence-corrected chi connectivity index (χ2v) is 16.5. The van der Waals surface area contributed by atoms with Crippen LogP contribution in [0.5, 0.6) is 0 Å². The molecule has 4 heterocycles. The van der Waals surface area contributed by atoms with Crippen molar-refractivity contribution in [2.75, 3.05) is 0 Å². The maximum atomic E-state index is 6.81. The molecule has 0 saturated carbocycles. The third kappa shape index (κ3) is 5.56. The molecule has 13 rings (SSSR count). The second-order valence-electron chi connectivity index (χ2n) is 16.5. The summed E-state index contributed by atoms with van der Waals surface area (Å²) in [5.41, 5.74) is 9.86. The van der Waals surface area contributed by atoms with Crippen molar-refractivity contribution < 1.29 is 8.83 Å². The van der Waals surface area contributed by atoms with E-state index in [2.05, 4.69) is 170 Å². The van der Waals surface area contributed by atoms with Gasteiger partial charge in [0, 0.05) is 55.4 Å². The predicted octanol–water partition coefficient (Wildman–Crippen LogP) is 15.6. The number of nitrogens with zero attached hydrogens (tertiary/aromatic N) is 4. The highest BCUT2D eigenvalue weighted by Gasteiger charge is 2.24. The zero-order valence-corrected chi connectivity index (χ0v) is 34.7. The van der Waals surface area contributed by atoms with Crippen molar-refractivity contribution in [1.82, 2.24) is 19.5 Å². The van der Waals surface area contributed by atoms with Crippen molar-refractivity contribution in [2.24, 2.45) is 0 Å². The summed E-state index contributed by atoms with van der Waals surface area (Å²) < 4.78 is 15.6. The lowest BCUT2D eigenvalue weighted by molar-refractivity contribution is 0.668. The minimum absolute atomic E-state index is 0.531. The van der Waals surface area contributed by atoms with E-state index < -0.39 is 0 Å². The van der Waals surface area contributed by atoms with Gasteiger partial charge in [-0.2, -0.15) is 0 Å².